The van der Waals surface area contributed by atoms with Crippen LogP contribution in [0.2, 0.25) is 0 Å². The molecule has 0 aromatic heterocycles. The van der Waals surface area contributed by atoms with Gasteiger partial charge >= 0.3 is 0 Å². The fraction of sp³-hybridized carbons (Fsp3) is 0. The average molecular weight is 366 g/mol. The molecule has 4 nitrogen and oxygen atoms in total. The van der Waals surface area contributed by atoms with Gasteiger partial charge in [0.1, 0.15) is 11.5 Å². The minimum atomic E-state index is -0.592. The second kappa shape index (κ2) is 4.06. The summed E-state index contributed by atoms with van der Waals surface area (Å²) in [5.74, 6) is -1.16. The summed E-state index contributed by atoms with van der Waals surface area (Å²) < 4.78 is 0.514. The highest BCUT2D eigenvalue weighted by Gasteiger charge is 2.32. The number of phenolic OH excluding ortho intramolecular Hbond substituents is 2. The van der Waals surface area contributed by atoms with Gasteiger partial charge in [-0.25, -0.2) is 0 Å². The van der Waals surface area contributed by atoms with Gasteiger partial charge in [0.2, 0.25) is 11.6 Å². The number of rotatable bonds is 0. The van der Waals surface area contributed by atoms with Crippen molar-refractivity contribution in [2.75, 3.05) is 0 Å². The number of carbonyl (C=O) groups excluding carboxylic acids is 2. The standard InChI is InChI=1S/C14H7IO4/c15-11-5-7(17)4-10-9-3-6(16)1-2-8(9)13(18)14(19)12(10)11/h1-5,16-17H. The van der Waals surface area contributed by atoms with Crippen LogP contribution >= 0.6 is 22.6 Å². The summed E-state index contributed by atoms with van der Waals surface area (Å²) in [5.41, 5.74) is 1.46. The number of aromatic hydroxyl groups is 2. The Morgan fingerprint density at radius 3 is 2.21 bits per heavy atom. The van der Waals surface area contributed by atoms with Crippen molar-refractivity contribution in [1.29, 1.82) is 0 Å². The van der Waals surface area contributed by atoms with Crippen LogP contribution in [0.1, 0.15) is 20.7 Å². The lowest BCUT2D eigenvalue weighted by atomic mass is 9.84. The van der Waals surface area contributed by atoms with Crippen molar-refractivity contribution < 1.29 is 19.8 Å². The molecule has 0 radical (unpaired) electrons. The van der Waals surface area contributed by atoms with E-state index >= 15 is 0 Å². The molecule has 0 aliphatic heterocycles. The van der Waals surface area contributed by atoms with E-state index in [9.17, 15) is 19.8 Å². The van der Waals surface area contributed by atoms with Crippen LogP contribution in [-0.2, 0) is 0 Å². The second-order valence-electron chi connectivity index (χ2n) is 4.24. The van der Waals surface area contributed by atoms with Crippen molar-refractivity contribution in [3.8, 4) is 22.6 Å². The SMILES string of the molecule is O=C1C(=O)c2c(I)cc(O)cc2-c2cc(O)ccc21. The van der Waals surface area contributed by atoms with E-state index in [-0.39, 0.29) is 22.6 Å². The first kappa shape index (κ1) is 12.2. The van der Waals surface area contributed by atoms with Gasteiger partial charge in [-0.3, -0.25) is 9.59 Å². The average Bonchev–Trinajstić information content (AvgIpc) is 2.35. The van der Waals surface area contributed by atoms with Crippen LogP contribution in [0, 0.1) is 3.57 Å². The summed E-state index contributed by atoms with van der Waals surface area (Å²) >= 11 is 1.91. The monoisotopic (exact) mass is 366 g/mol. The molecule has 1 aliphatic carbocycles. The second-order valence-corrected chi connectivity index (χ2v) is 5.40. The molecule has 2 aromatic rings. The third-order valence-corrected chi connectivity index (χ3v) is 3.90. The molecular formula is C14H7IO4. The highest BCUT2D eigenvalue weighted by Crippen LogP contribution is 2.39. The molecule has 0 saturated heterocycles. The maximum atomic E-state index is 12.1. The number of carbonyl (C=O) groups is 2. The van der Waals surface area contributed by atoms with E-state index in [1.54, 1.807) is 0 Å². The largest absolute Gasteiger partial charge is 0.508 e. The molecule has 5 heteroatoms. The third-order valence-electron chi connectivity index (χ3n) is 3.05. The van der Waals surface area contributed by atoms with Crippen LogP contribution < -0.4 is 0 Å². The molecule has 0 heterocycles. The topological polar surface area (TPSA) is 74.6 Å². The normalized spacial score (nSPS) is 13.1. The van der Waals surface area contributed by atoms with Gasteiger partial charge in [-0.05, 0) is 64.0 Å². The number of halogens is 1. The van der Waals surface area contributed by atoms with Crippen molar-refractivity contribution in [2.45, 2.75) is 0 Å². The molecule has 3 rings (SSSR count). The molecule has 94 valence electrons. The highest BCUT2D eigenvalue weighted by molar-refractivity contribution is 14.1. The fourth-order valence-corrected chi connectivity index (χ4v) is 3.08. The number of hydrogen-bond donors (Lipinski definition) is 2. The Kier molecular flexibility index (Phi) is 2.60. The summed E-state index contributed by atoms with van der Waals surface area (Å²) in [4.78, 5) is 24.1. The third kappa shape index (κ3) is 1.73. The Morgan fingerprint density at radius 1 is 0.789 bits per heavy atom. The van der Waals surface area contributed by atoms with Crippen molar-refractivity contribution in [3.05, 3.63) is 45.0 Å². The zero-order valence-electron chi connectivity index (χ0n) is 9.48. The van der Waals surface area contributed by atoms with Crippen LogP contribution in [0.15, 0.2) is 30.3 Å². The minimum absolute atomic E-state index is 0.00481. The minimum Gasteiger partial charge on any atom is -0.508 e. The molecule has 1 aliphatic rings. The van der Waals surface area contributed by atoms with E-state index in [0.717, 1.165) is 0 Å². The lowest BCUT2D eigenvalue weighted by Crippen LogP contribution is -2.22. The van der Waals surface area contributed by atoms with E-state index in [1.165, 1.54) is 30.3 Å². The van der Waals surface area contributed by atoms with Gasteiger partial charge in [-0.2, -0.15) is 0 Å². The number of ketones is 2. The van der Waals surface area contributed by atoms with E-state index in [4.69, 9.17) is 0 Å². The summed E-state index contributed by atoms with van der Waals surface area (Å²) in [6.45, 7) is 0. The van der Waals surface area contributed by atoms with Gasteiger partial charge in [0.05, 0.1) is 0 Å². The Labute approximate surface area is 121 Å². The predicted octanol–water partition coefficient (Wildman–Crippen LogP) is 2.75. The Balaban J connectivity index is 2.45. The zero-order chi connectivity index (χ0) is 13.7. The molecule has 0 atom stereocenters. The van der Waals surface area contributed by atoms with Gasteiger partial charge in [0, 0.05) is 14.7 Å². The van der Waals surface area contributed by atoms with Crippen molar-refractivity contribution >= 4 is 34.2 Å². The number of phenols is 2. The van der Waals surface area contributed by atoms with Crippen molar-refractivity contribution in [3.63, 3.8) is 0 Å². The number of benzene rings is 2. The summed E-state index contributed by atoms with van der Waals surface area (Å²) in [6, 6.07) is 7.07. The Morgan fingerprint density at radius 2 is 1.47 bits per heavy atom. The predicted molar refractivity (Wildman–Crippen MR) is 76.6 cm³/mol. The first-order valence-electron chi connectivity index (χ1n) is 5.44. The van der Waals surface area contributed by atoms with Gasteiger partial charge in [0.15, 0.2) is 0 Å². The van der Waals surface area contributed by atoms with Crippen LogP contribution in [0.5, 0.6) is 11.5 Å². The van der Waals surface area contributed by atoms with Gasteiger partial charge in [-0.15, -0.1) is 0 Å². The molecule has 0 amide bonds. The summed E-state index contributed by atoms with van der Waals surface area (Å²) in [5, 5.41) is 19.2. The van der Waals surface area contributed by atoms with Gasteiger partial charge in [-0.1, -0.05) is 0 Å². The Bertz CT molecular complexity index is 749. The van der Waals surface area contributed by atoms with E-state index < -0.39 is 11.6 Å². The maximum absolute atomic E-state index is 12.1. The molecule has 19 heavy (non-hydrogen) atoms. The van der Waals surface area contributed by atoms with E-state index in [2.05, 4.69) is 0 Å². The summed E-state index contributed by atoms with van der Waals surface area (Å²) in [7, 11) is 0. The zero-order valence-corrected chi connectivity index (χ0v) is 11.6. The number of fused-ring (bicyclic) bond motifs is 3. The molecule has 2 N–H and O–H groups in total. The highest BCUT2D eigenvalue weighted by atomic mass is 127. The van der Waals surface area contributed by atoms with E-state index in [1.807, 2.05) is 22.6 Å². The van der Waals surface area contributed by atoms with Crippen molar-refractivity contribution in [1.82, 2.24) is 0 Å². The summed E-state index contributed by atoms with van der Waals surface area (Å²) in [6.07, 6.45) is 0. The first-order chi connectivity index (χ1) is 8.99. The van der Waals surface area contributed by atoms with E-state index in [0.29, 0.717) is 14.7 Å². The Hall–Kier alpha value is -1.89. The molecule has 0 saturated carbocycles. The number of hydrogen-bond acceptors (Lipinski definition) is 4. The van der Waals surface area contributed by atoms with Crippen LogP contribution in [-0.4, -0.2) is 21.8 Å². The molecule has 0 bridgehead atoms. The molecule has 0 unspecified atom stereocenters. The van der Waals surface area contributed by atoms with Crippen LogP contribution in [0.25, 0.3) is 11.1 Å². The quantitative estimate of drug-likeness (QED) is 0.556. The molecule has 0 fully saturated rings. The first-order valence-corrected chi connectivity index (χ1v) is 6.52. The maximum Gasteiger partial charge on any atom is 0.235 e. The number of Topliss-reactive ketones (excluding diaryl/α,β-unsaturated/α-hetero) is 2. The van der Waals surface area contributed by atoms with Crippen LogP contribution in [0.3, 0.4) is 0 Å². The smallest absolute Gasteiger partial charge is 0.235 e. The van der Waals surface area contributed by atoms with Gasteiger partial charge in [0.25, 0.3) is 0 Å². The molecular weight excluding hydrogens is 359 g/mol. The fourth-order valence-electron chi connectivity index (χ4n) is 2.22. The van der Waals surface area contributed by atoms with Crippen molar-refractivity contribution in [2.24, 2.45) is 0 Å². The molecule has 0 spiro atoms. The molecule has 2 aromatic carbocycles. The van der Waals surface area contributed by atoms with Crippen LogP contribution in [0.4, 0.5) is 0 Å². The lowest BCUT2D eigenvalue weighted by Gasteiger charge is -2.19. The lowest BCUT2D eigenvalue weighted by molar-refractivity contribution is 0.0814. The van der Waals surface area contributed by atoms with Gasteiger partial charge < -0.3 is 10.2 Å².